The highest BCUT2D eigenvalue weighted by Crippen LogP contribution is 2.27. The fourth-order valence-corrected chi connectivity index (χ4v) is 4.61. The molecule has 0 spiro atoms. The van der Waals surface area contributed by atoms with Crippen molar-refractivity contribution in [2.24, 2.45) is 7.05 Å². The number of hydrogen-bond donors (Lipinski definition) is 2. The molecule has 0 saturated heterocycles. The average molecular weight is 600 g/mol. The van der Waals surface area contributed by atoms with E-state index in [2.05, 4.69) is 20.8 Å². The number of benzene rings is 2. The smallest absolute Gasteiger partial charge is 0.412 e. The first-order chi connectivity index (χ1) is 21.4. The van der Waals surface area contributed by atoms with Gasteiger partial charge in [-0.1, -0.05) is 18.1 Å². The highest BCUT2D eigenvalue weighted by molar-refractivity contribution is 6.07. The summed E-state index contributed by atoms with van der Waals surface area (Å²) in [6.07, 6.45) is 1.75. The van der Waals surface area contributed by atoms with Crippen LogP contribution in [0.4, 0.5) is 22.1 Å². The zero-order valence-electron chi connectivity index (χ0n) is 24.7. The van der Waals surface area contributed by atoms with Gasteiger partial charge in [0.2, 0.25) is 0 Å². The van der Waals surface area contributed by atoms with Crippen LogP contribution in [0.15, 0.2) is 65.3 Å². The molecule has 0 fully saturated rings. The van der Waals surface area contributed by atoms with E-state index < -0.39 is 6.09 Å². The third-order valence-electron chi connectivity index (χ3n) is 6.81. The highest BCUT2D eigenvalue weighted by atomic mass is 16.5. The Kier molecular flexibility index (Phi) is 9.33. The van der Waals surface area contributed by atoms with E-state index in [4.69, 9.17) is 19.0 Å². The number of nitrogens with zero attached hydrogens (tertiary/aromatic N) is 5. The molecule has 5 rings (SSSR count). The maximum absolute atomic E-state index is 13.6. The van der Waals surface area contributed by atoms with Gasteiger partial charge in [0.1, 0.15) is 11.6 Å². The zero-order valence-corrected chi connectivity index (χ0v) is 24.7. The summed E-state index contributed by atoms with van der Waals surface area (Å²) in [4.78, 5) is 48.2. The van der Waals surface area contributed by atoms with Gasteiger partial charge >= 0.3 is 12.1 Å². The molecule has 0 saturated carbocycles. The van der Waals surface area contributed by atoms with Crippen molar-refractivity contribution >= 4 is 57.3 Å². The number of rotatable bonds is 12. The van der Waals surface area contributed by atoms with Crippen LogP contribution in [-0.4, -0.2) is 57.4 Å². The van der Waals surface area contributed by atoms with E-state index in [1.165, 1.54) is 4.90 Å². The number of anilines is 3. The molecule has 0 atom stereocenters. The van der Waals surface area contributed by atoms with Gasteiger partial charge in [0.15, 0.2) is 11.4 Å². The van der Waals surface area contributed by atoms with Crippen LogP contribution < -0.4 is 15.5 Å². The molecule has 0 aliphatic carbocycles. The van der Waals surface area contributed by atoms with Crippen molar-refractivity contribution < 1.29 is 28.4 Å². The number of carbonyl (C=O) groups excluding carboxylic acids is 3. The van der Waals surface area contributed by atoms with Crippen LogP contribution in [0.2, 0.25) is 0 Å². The van der Waals surface area contributed by atoms with Gasteiger partial charge in [-0.05, 0) is 61.9 Å². The maximum atomic E-state index is 13.6. The summed E-state index contributed by atoms with van der Waals surface area (Å²) < 4.78 is 17.4. The van der Waals surface area contributed by atoms with Crippen LogP contribution >= 0.6 is 0 Å². The van der Waals surface area contributed by atoms with E-state index in [1.807, 2.05) is 36.7 Å². The minimum atomic E-state index is -0.597. The van der Waals surface area contributed by atoms with E-state index in [9.17, 15) is 14.4 Å². The van der Waals surface area contributed by atoms with Gasteiger partial charge in [0, 0.05) is 31.0 Å². The molecule has 2 amide bonds. The van der Waals surface area contributed by atoms with Crippen LogP contribution in [0.3, 0.4) is 0 Å². The highest BCUT2D eigenvalue weighted by Gasteiger charge is 2.22. The Hall–Kier alpha value is -5.46. The monoisotopic (exact) mass is 599 g/mol. The minimum absolute atomic E-state index is 0.0406. The molecule has 3 heterocycles. The molecule has 2 aromatic carbocycles. The molecule has 5 aromatic rings. The molecular weight excluding hydrogens is 566 g/mol. The minimum Gasteiger partial charge on any atom is -0.466 e. The molecule has 0 aliphatic heterocycles. The summed E-state index contributed by atoms with van der Waals surface area (Å²) in [5.41, 5.74) is 3.19. The Morgan fingerprint density at radius 1 is 1.05 bits per heavy atom. The molecule has 44 heavy (non-hydrogen) atoms. The Morgan fingerprint density at radius 2 is 1.91 bits per heavy atom. The van der Waals surface area contributed by atoms with Crippen molar-refractivity contribution in [2.75, 3.05) is 35.3 Å². The number of amides is 2. The first kappa shape index (κ1) is 30.0. The molecule has 13 heteroatoms. The lowest BCUT2D eigenvalue weighted by Crippen LogP contribution is -2.34. The number of aromatic nitrogens is 4. The lowest BCUT2D eigenvalue weighted by atomic mass is 10.1. The Bertz CT molecular complexity index is 1780. The number of nitrogens with one attached hydrogen (secondary N) is 2. The average Bonchev–Trinajstić information content (AvgIpc) is 3.58. The second-order valence-electron chi connectivity index (χ2n) is 9.85. The van der Waals surface area contributed by atoms with Crippen LogP contribution in [0.25, 0.3) is 22.0 Å². The number of esters is 1. The molecule has 13 nitrogen and oxygen atoms in total. The third-order valence-corrected chi connectivity index (χ3v) is 6.81. The molecule has 228 valence electrons. The van der Waals surface area contributed by atoms with E-state index >= 15 is 0 Å². The van der Waals surface area contributed by atoms with Crippen molar-refractivity contribution in [2.45, 2.75) is 33.2 Å². The zero-order chi connectivity index (χ0) is 31.1. The van der Waals surface area contributed by atoms with Crippen molar-refractivity contribution in [3.8, 4) is 0 Å². The molecule has 3 aromatic heterocycles. The van der Waals surface area contributed by atoms with Crippen molar-refractivity contribution in [3.63, 3.8) is 0 Å². The molecule has 0 radical (unpaired) electrons. The third kappa shape index (κ3) is 6.77. The predicted molar refractivity (Wildman–Crippen MR) is 164 cm³/mol. The lowest BCUT2D eigenvalue weighted by Gasteiger charge is -2.21. The van der Waals surface area contributed by atoms with Gasteiger partial charge < -0.3 is 23.9 Å². The number of fused-ring (bicyclic) bond motifs is 2. The van der Waals surface area contributed by atoms with Gasteiger partial charge in [-0.25, -0.2) is 14.8 Å². The first-order valence-electron chi connectivity index (χ1n) is 14.3. The SMILES string of the molecule is CCCOC(=O)Nc1noc2ccc(NCc3nc4cc(C(=O)N(CCC(=O)OCC)c5ccccn5)ccc4n3C)cc12. The van der Waals surface area contributed by atoms with Crippen molar-refractivity contribution in [1.29, 1.82) is 0 Å². The van der Waals surface area contributed by atoms with Gasteiger partial charge in [0.05, 0.1) is 42.6 Å². The molecule has 2 N–H and O–H groups in total. The summed E-state index contributed by atoms with van der Waals surface area (Å²) in [6.45, 7) is 4.73. The summed E-state index contributed by atoms with van der Waals surface area (Å²) in [6, 6.07) is 16.0. The maximum Gasteiger partial charge on any atom is 0.412 e. The number of imidazole rings is 1. The fourth-order valence-electron chi connectivity index (χ4n) is 4.61. The summed E-state index contributed by atoms with van der Waals surface area (Å²) >= 11 is 0. The normalized spacial score (nSPS) is 11.0. The standard InChI is InChI=1S/C31H33N7O6/c1-4-16-43-31(41)35-29-22-18-21(10-12-25(22)44-36-29)33-19-27-34-23-17-20(9-11-24(23)37(27)3)30(40)38(15-13-28(39)42-5-2)26-8-6-7-14-32-26/h6-12,14,17-18,33H,4-5,13,15-16,19H2,1-3H3,(H,35,36,41). The van der Waals surface area contributed by atoms with Crippen LogP contribution in [0, 0.1) is 0 Å². The molecule has 0 aliphatic rings. The number of ether oxygens (including phenoxy) is 2. The lowest BCUT2D eigenvalue weighted by molar-refractivity contribution is -0.142. The second-order valence-corrected chi connectivity index (χ2v) is 9.85. The van der Waals surface area contributed by atoms with E-state index in [-0.39, 0.29) is 37.3 Å². The van der Waals surface area contributed by atoms with Crippen LogP contribution in [0.5, 0.6) is 0 Å². The largest absolute Gasteiger partial charge is 0.466 e. The number of hydrogen-bond acceptors (Lipinski definition) is 10. The van der Waals surface area contributed by atoms with Gasteiger partial charge in [-0.15, -0.1) is 0 Å². The van der Waals surface area contributed by atoms with Gasteiger partial charge in [-0.3, -0.25) is 19.8 Å². The summed E-state index contributed by atoms with van der Waals surface area (Å²) in [7, 11) is 1.90. The quantitative estimate of drug-likeness (QED) is 0.181. The van der Waals surface area contributed by atoms with Gasteiger partial charge in [0.25, 0.3) is 5.91 Å². The molecule has 0 unspecified atom stereocenters. The number of carbonyl (C=O) groups is 3. The predicted octanol–water partition coefficient (Wildman–Crippen LogP) is 5.28. The van der Waals surface area contributed by atoms with Crippen LogP contribution in [0.1, 0.15) is 42.9 Å². The number of pyridine rings is 1. The molecular formula is C31H33N7O6. The van der Waals surface area contributed by atoms with Crippen molar-refractivity contribution in [3.05, 3.63) is 72.2 Å². The summed E-state index contributed by atoms with van der Waals surface area (Å²) in [5.74, 6) is 0.759. The van der Waals surface area contributed by atoms with E-state index in [0.717, 1.165) is 17.0 Å². The second kappa shape index (κ2) is 13.7. The van der Waals surface area contributed by atoms with Gasteiger partial charge in [-0.2, -0.15) is 0 Å². The Balaban J connectivity index is 1.32. The topological polar surface area (TPSA) is 154 Å². The Labute approximate surface area is 253 Å². The Morgan fingerprint density at radius 3 is 2.68 bits per heavy atom. The van der Waals surface area contributed by atoms with E-state index in [0.29, 0.717) is 47.4 Å². The fraction of sp³-hybridized carbons (Fsp3) is 0.290. The van der Waals surface area contributed by atoms with Crippen molar-refractivity contribution in [1.82, 2.24) is 19.7 Å². The first-order valence-corrected chi connectivity index (χ1v) is 14.3. The van der Waals surface area contributed by atoms with E-state index in [1.54, 1.807) is 49.5 Å². The van der Waals surface area contributed by atoms with Crippen LogP contribution in [-0.2, 0) is 27.9 Å². The summed E-state index contributed by atoms with van der Waals surface area (Å²) in [5, 5.41) is 10.5. The molecule has 0 bridgehead atoms. The number of aryl methyl sites for hydroxylation is 1.